The number of hydrogen-bond donors (Lipinski definition) is 1. The minimum absolute atomic E-state index is 0.0659. The summed E-state index contributed by atoms with van der Waals surface area (Å²) in [5.74, 6) is -1.16. The fourth-order valence-corrected chi connectivity index (χ4v) is 4.94. The molecule has 1 fully saturated rings. The van der Waals surface area contributed by atoms with E-state index in [0.717, 1.165) is 19.1 Å². The van der Waals surface area contributed by atoms with Gasteiger partial charge in [0.05, 0.1) is 17.2 Å². The van der Waals surface area contributed by atoms with Crippen molar-refractivity contribution in [2.45, 2.75) is 57.1 Å². The SMILES string of the molecule is Cc1ccc(-c2ccc3c(=O)n(CC[C@](C)(C(=O)NOC4CCCCO4)S(C)(=O)=O)cnc3c2)cc1F. The molecular weight excluding hydrogens is 501 g/mol. The summed E-state index contributed by atoms with van der Waals surface area (Å²) in [6.07, 6.45) is 3.85. The summed E-state index contributed by atoms with van der Waals surface area (Å²) in [5, 5.41) is 0.321. The van der Waals surface area contributed by atoms with Gasteiger partial charge in [-0.05, 0) is 68.0 Å². The Morgan fingerprint density at radius 3 is 2.65 bits per heavy atom. The first-order valence-electron chi connectivity index (χ1n) is 12.0. The zero-order chi connectivity index (χ0) is 26.8. The average molecular weight is 532 g/mol. The van der Waals surface area contributed by atoms with Crippen molar-refractivity contribution in [2.75, 3.05) is 12.9 Å². The molecule has 1 aliphatic rings. The van der Waals surface area contributed by atoms with Gasteiger partial charge in [-0.25, -0.2) is 28.1 Å². The van der Waals surface area contributed by atoms with E-state index in [1.807, 2.05) is 0 Å². The minimum Gasteiger partial charge on any atom is -0.350 e. The third-order valence-electron chi connectivity index (χ3n) is 6.88. The normalized spacial score (nSPS) is 17.9. The number of fused-ring (bicyclic) bond motifs is 1. The Balaban J connectivity index is 1.53. The molecule has 1 saturated heterocycles. The van der Waals surface area contributed by atoms with Crippen LogP contribution in [0.1, 0.15) is 38.2 Å². The molecule has 11 heteroatoms. The molecule has 1 unspecified atom stereocenters. The number of carbonyl (C=O) groups is 1. The lowest BCUT2D eigenvalue weighted by Crippen LogP contribution is -2.51. The number of aromatic nitrogens is 2. The summed E-state index contributed by atoms with van der Waals surface area (Å²) in [6, 6.07) is 9.92. The number of amides is 1. The van der Waals surface area contributed by atoms with Crippen LogP contribution < -0.4 is 11.0 Å². The van der Waals surface area contributed by atoms with E-state index in [-0.39, 0.29) is 24.3 Å². The second kappa shape index (κ2) is 10.7. The number of sulfone groups is 1. The Labute approximate surface area is 214 Å². The van der Waals surface area contributed by atoms with Crippen LogP contribution in [0.3, 0.4) is 0 Å². The molecule has 37 heavy (non-hydrogen) atoms. The molecule has 0 aliphatic carbocycles. The van der Waals surface area contributed by atoms with E-state index >= 15 is 0 Å². The number of ether oxygens (including phenoxy) is 1. The molecule has 0 spiro atoms. The van der Waals surface area contributed by atoms with Crippen molar-refractivity contribution >= 4 is 26.6 Å². The monoisotopic (exact) mass is 531 g/mol. The van der Waals surface area contributed by atoms with Gasteiger partial charge in [-0.2, -0.15) is 0 Å². The van der Waals surface area contributed by atoms with E-state index in [1.54, 1.807) is 37.3 Å². The Hall–Kier alpha value is -3.15. The van der Waals surface area contributed by atoms with E-state index in [2.05, 4.69) is 10.5 Å². The van der Waals surface area contributed by atoms with Gasteiger partial charge in [-0.1, -0.05) is 18.2 Å². The topological polar surface area (TPSA) is 117 Å². The summed E-state index contributed by atoms with van der Waals surface area (Å²) in [4.78, 5) is 35.6. The number of rotatable bonds is 8. The number of halogens is 1. The van der Waals surface area contributed by atoms with Crippen molar-refractivity contribution in [2.24, 2.45) is 0 Å². The molecule has 2 heterocycles. The largest absolute Gasteiger partial charge is 0.350 e. The van der Waals surface area contributed by atoms with Gasteiger partial charge in [0.1, 0.15) is 5.82 Å². The van der Waals surface area contributed by atoms with Crippen LogP contribution in [0.15, 0.2) is 47.5 Å². The van der Waals surface area contributed by atoms with Crippen LogP contribution in [0.2, 0.25) is 0 Å². The van der Waals surface area contributed by atoms with Crippen molar-refractivity contribution in [1.82, 2.24) is 15.0 Å². The van der Waals surface area contributed by atoms with Crippen LogP contribution in [0.25, 0.3) is 22.0 Å². The predicted octanol–water partition coefficient (Wildman–Crippen LogP) is 3.28. The van der Waals surface area contributed by atoms with Crippen LogP contribution >= 0.6 is 0 Å². The minimum atomic E-state index is -3.88. The molecule has 0 saturated carbocycles. The highest BCUT2D eigenvalue weighted by molar-refractivity contribution is 7.92. The highest BCUT2D eigenvalue weighted by Crippen LogP contribution is 2.25. The third kappa shape index (κ3) is 5.73. The molecule has 1 N–H and O–H groups in total. The summed E-state index contributed by atoms with van der Waals surface area (Å²) in [6.45, 7) is 3.42. The molecular formula is C26H30FN3O6S. The van der Waals surface area contributed by atoms with Crippen molar-refractivity contribution in [1.29, 1.82) is 0 Å². The molecule has 4 rings (SSSR count). The third-order valence-corrected chi connectivity index (χ3v) is 8.91. The van der Waals surface area contributed by atoms with Gasteiger partial charge in [-0.15, -0.1) is 0 Å². The molecule has 2 atom stereocenters. The maximum Gasteiger partial charge on any atom is 0.264 e. The Kier molecular flexibility index (Phi) is 7.77. The van der Waals surface area contributed by atoms with Crippen molar-refractivity contribution in [3.05, 3.63) is 64.5 Å². The Morgan fingerprint density at radius 2 is 1.97 bits per heavy atom. The average Bonchev–Trinajstić information content (AvgIpc) is 2.88. The number of aryl methyl sites for hydroxylation is 2. The standard InChI is InChI=1S/C26H30FN3O6S/c1-17-7-8-18(14-21(17)27)19-9-10-20-22(15-19)28-16-30(24(20)31)12-11-26(2,37(3,33)34)25(32)29-36-23-6-4-5-13-35-23/h7-10,14-16,23H,4-6,11-13H2,1-3H3,(H,29,32)/t23?,26-/m1/s1. The smallest absolute Gasteiger partial charge is 0.264 e. The van der Waals surface area contributed by atoms with Crippen LogP contribution in [0, 0.1) is 12.7 Å². The van der Waals surface area contributed by atoms with Crippen molar-refractivity contribution in [3.8, 4) is 11.1 Å². The van der Waals surface area contributed by atoms with E-state index < -0.39 is 26.8 Å². The maximum absolute atomic E-state index is 14.0. The van der Waals surface area contributed by atoms with Crippen LogP contribution in [0.5, 0.6) is 0 Å². The number of hydroxylamine groups is 1. The first kappa shape index (κ1) is 26.9. The quantitative estimate of drug-likeness (QED) is 0.444. The van der Waals surface area contributed by atoms with E-state index in [9.17, 15) is 22.4 Å². The number of benzene rings is 2. The zero-order valence-electron chi connectivity index (χ0n) is 21.0. The van der Waals surface area contributed by atoms with Gasteiger partial charge >= 0.3 is 0 Å². The second-order valence-electron chi connectivity index (χ2n) is 9.54. The molecule has 1 amide bonds. The molecule has 1 aromatic heterocycles. The van der Waals surface area contributed by atoms with Crippen molar-refractivity contribution in [3.63, 3.8) is 0 Å². The summed E-state index contributed by atoms with van der Waals surface area (Å²) < 4.78 is 44.0. The van der Waals surface area contributed by atoms with Crippen LogP contribution in [0.4, 0.5) is 4.39 Å². The van der Waals surface area contributed by atoms with E-state index in [1.165, 1.54) is 23.9 Å². The molecule has 198 valence electrons. The molecule has 2 aromatic carbocycles. The van der Waals surface area contributed by atoms with Gasteiger partial charge in [0.15, 0.2) is 20.9 Å². The fraction of sp³-hybridized carbons (Fsp3) is 0.423. The molecule has 9 nitrogen and oxygen atoms in total. The van der Waals surface area contributed by atoms with Gasteiger partial charge < -0.3 is 4.74 Å². The molecule has 0 bridgehead atoms. The number of nitrogens with one attached hydrogen (secondary N) is 1. The van der Waals surface area contributed by atoms with Crippen LogP contribution in [-0.2, 0) is 30.8 Å². The van der Waals surface area contributed by atoms with Gasteiger partial charge in [0.2, 0.25) is 0 Å². The summed E-state index contributed by atoms with van der Waals surface area (Å²) in [7, 11) is -3.88. The summed E-state index contributed by atoms with van der Waals surface area (Å²) in [5.41, 5.74) is 4.18. The maximum atomic E-state index is 14.0. The lowest BCUT2D eigenvalue weighted by Gasteiger charge is -2.28. The zero-order valence-corrected chi connectivity index (χ0v) is 21.8. The number of carbonyl (C=O) groups excluding carboxylic acids is 1. The van der Waals surface area contributed by atoms with Gasteiger partial charge in [0, 0.05) is 25.8 Å². The van der Waals surface area contributed by atoms with Crippen LogP contribution in [-0.4, -0.2) is 47.8 Å². The van der Waals surface area contributed by atoms with Crippen molar-refractivity contribution < 1.29 is 27.2 Å². The van der Waals surface area contributed by atoms with E-state index in [0.29, 0.717) is 40.6 Å². The number of nitrogens with zero attached hydrogens (tertiary/aromatic N) is 2. The Morgan fingerprint density at radius 1 is 1.24 bits per heavy atom. The molecule has 1 aliphatic heterocycles. The van der Waals surface area contributed by atoms with Gasteiger partial charge in [-0.3, -0.25) is 14.2 Å². The lowest BCUT2D eigenvalue weighted by atomic mass is 10.0. The molecule has 3 aromatic rings. The number of hydrogen-bond acceptors (Lipinski definition) is 7. The predicted molar refractivity (Wildman–Crippen MR) is 137 cm³/mol. The first-order chi connectivity index (χ1) is 17.5. The highest BCUT2D eigenvalue weighted by atomic mass is 32.2. The fourth-order valence-electron chi connectivity index (χ4n) is 4.10. The van der Waals surface area contributed by atoms with E-state index in [4.69, 9.17) is 9.57 Å². The first-order valence-corrected chi connectivity index (χ1v) is 13.9. The summed E-state index contributed by atoms with van der Waals surface area (Å²) >= 11 is 0. The lowest BCUT2D eigenvalue weighted by molar-refractivity contribution is -0.201. The Bertz CT molecular complexity index is 1480. The highest BCUT2D eigenvalue weighted by Gasteiger charge is 2.44. The second-order valence-corrected chi connectivity index (χ2v) is 12.0. The molecule has 0 radical (unpaired) electrons. The van der Waals surface area contributed by atoms with Gasteiger partial charge in [0.25, 0.3) is 11.5 Å².